The SMILES string of the molecule is CCCOC(=O)C1=C(C)NC(=O)NC1c1ccc(OC)c(OC)c1. The van der Waals surface area contributed by atoms with Crippen molar-refractivity contribution in [3.8, 4) is 11.5 Å². The number of ether oxygens (including phenoxy) is 3. The Balaban J connectivity index is 2.43. The average Bonchev–Trinajstić information content (AvgIpc) is 2.58. The number of benzene rings is 1. The van der Waals surface area contributed by atoms with Gasteiger partial charge in [0.05, 0.1) is 32.4 Å². The zero-order valence-corrected chi connectivity index (χ0v) is 14.3. The molecule has 2 amide bonds. The van der Waals surface area contributed by atoms with Crippen molar-refractivity contribution in [1.29, 1.82) is 0 Å². The lowest BCUT2D eigenvalue weighted by molar-refractivity contribution is -0.139. The van der Waals surface area contributed by atoms with Crippen LogP contribution in [0.2, 0.25) is 0 Å². The van der Waals surface area contributed by atoms with E-state index >= 15 is 0 Å². The Bertz CT molecular complexity index is 669. The van der Waals surface area contributed by atoms with E-state index in [4.69, 9.17) is 14.2 Å². The summed E-state index contributed by atoms with van der Waals surface area (Å²) in [5.74, 6) is 0.626. The van der Waals surface area contributed by atoms with Crippen LogP contribution in [0.1, 0.15) is 31.9 Å². The number of methoxy groups -OCH3 is 2. The van der Waals surface area contributed by atoms with E-state index in [1.165, 1.54) is 7.11 Å². The van der Waals surface area contributed by atoms with Crippen molar-refractivity contribution < 1.29 is 23.8 Å². The van der Waals surface area contributed by atoms with E-state index in [0.29, 0.717) is 34.9 Å². The minimum absolute atomic E-state index is 0.322. The fraction of sp³-hybridized carbons (Fsp3) is 0.412. The van der Waals surface area contributed by atoms with Crippen LogP contribution in [0.4, 0.5) is 4.79 Å². The van der Waals surface area contributed by atoms with Gasteiger partial charge in [-0.1, -0.05) is 13.0 Å². The highest BCUT2D eigenvalue weighted by molar-refractivity contribution is 5.95. The average molecular weight is 334 g/mol. The molecule has 1 unspecified atom stereocenters. The van der Waals surface area contributed by atoms with Crippen LogP contribution in [0.5, 0.6) is 11.5 Å². The highest BCUT2D eigenvalue weighted by Gasteiger charge is 2.32. The van der Waals surface area contributed by atoms with Crippen molar-refractivity contribution in [1.82, 2.24) is 10.6 Å². The first-order valence-corrected chi connectivity index (χ1v) is 7.69. The van der Waals surface area contributed by atoms with Crippen LogP contribution in [0, 0.1) is 0 Å². The Labute approximate surface area is 141 Å². The number of hydrogen-bond donors (Lipinski definition) is 2. The van der Waals surface area contributed by atoms with E-state index in [-0.39, 0.29) is 6.03 Å². The summed E-state index contributed by atoms with van der Waals surface area (Å²) < 4.78 is 15.8. The molecule has 1 aromatic rings. The van der Waals surface area contributed by atoms with E-state index in [1.54, 1.807) is 32.2 Å². The number of esters is 1. The molecule has 7 nitrogen and oxygen atoms in total. The van der Waals surface area contributed by atoms with Gasteiger partial charge in [-0.05, 0) is 31.0 Å². The van der Waals surface area contributed by atoms with Gasteiger partial charge in [0.1, 0.15) is 0 Å². The highest BCUT2D eigenvalue weighted by Crippen LogP contribution is 2.34. The van der Waals surface area contributed by atoms with Gasteiger partial charge in [-0.15, -0.1) is 0 Å². The summed E-state index contributed by atoms with van der Waals surface area (Å²) in [5.41, 5.74) is 1.54. The van der Waals surface area contributed by atoms with E-state index in [0.717, 1.165) is 6.42 Å². The Kier molecular flexibility index (Phi) is 5.68. The molecule has 24 heavy (non-hydrogen) atoms. The van der Waals surface area contributed by atoms with Gasteiger partial charge in [-0.2, -0.15) is 0 Å². The smallest absolute Gasteiger partial charge is 0.338 e. The fourth-order valence-electron chi connectivity index (χ4n) is 2.52. The van der Waals surface area contributed by atoms with Crippen molar-refractivity contribution in [2.24, 2.45) is 0 Å². The standard InChI is InChI=1S/C17H22N2O5/c1-5-8-24-16(20)14-10(2)18-17(21)19-15(14)11-6-7-12(22-3)13(9-11)23-4/h6-7,9,15H,5,8H2,1-4H3,(H2,18,19,21). The van der Waals surface area contributed by atoms with Gasteiger partial charge in [0, 0.05) is 5.70 Å². The van der Waals surface area contributed by atoms with Gasteiger partial charge in [0.25, 0.3) is 0 Å². The number of amides is 2. The summed E-state index contributed by atoms with van der Waals surface area (Å²) in [6.45, 7) is 3.92. The number of urea groups is 1. The minimum atomic E-state index is -0.622. The number of carbonyl (C=O) groups is 2. The maximum atomic E-state index is 12.4. The summed E-state index contributed by atoms with van der Waals surface area (Å²) in [7, 11) is 3.07. The monoisotopic (exact) mass is 334 g/mol. The second-order valence-corrected chi connectivity index (χ2v) is 5.32. The molecule has 2 N–H and O–H groups in total. The molecule has 0 bridgehead atoms. The van der Waals surface area contributed by atoms with Crippen molar-refractivity contribution in [2.75, 3.05) is 20.8 Å². The molecule has 1 heterocycles. The van der Waals surface area contributed by atoms with Crippen LogP contribution < -0.4 is 20.1 Å². The van der Waals surface area contributed by atoms with Gasteiger partial charge < -0.3 is 24.8 Å². The molecule has 1 aliphatic rings. The normalized spacial score (nSPS) is 17.0. The molecule has 1 aliphatic heterocycles. The van der Waals surface area contributed by atoms with Gasteiger partial charge in [0.2, 0.25) is 0 Å². The molecule has 1 atom stereocenters. The molecule has 1 aromatic carbocycles. The molecular weight excluding hydrogens is 312 g/mol. The summed E-state index contributed by atoms with van der Waals surface area (Å²) in [6, 6.07) is 4.24. The molecule has 0 spiro atoms. The molecule has 0 aromatic heterocycles. The lowest BCUT2D eigenvalue weighted by Crippen LogP contribution is -2.45. The number of rotatable bonds is 6. The maximum absolute atomic E-state index is 12.4. The number of carbonyl (C=O) groups excluding carboxylic acids is 2. The molecular formula is C17H22N2O5. The van der Waals surface area contributed by atoms with Gasteiger partial charge >= 0.3 is 12.0 Å². The fourth-order valence-corrected chi connectivity index (χ4v) is 2.52. The molecule has 0 saturated carbocycles. The largest absolute Gasteiger partial charge is 0.493 e. The Morgan fingerprint density at radius 2 is 1.92 bits per heavy atom. The van der Waals surface area contributed by atoms with Crippen molar-refractivity contribution in [2.45, 2.75) is 26.3 Å². The molecule has 0 saturated heterocycles. The topological polar surface area (TPSA) is 85.9 Å². The third-order valence-corrected chi connectivity index (χ3v) is 3.67. The van der Waals surface area contributed by atoms with Gasteiger partial charge in [0.15, 0.2) is 11.5 Å². The van der Waals surface area contributed by atoms with Crippen LogP contribution in [0.15, 0.2) is 29.5 Å². The predicted octanol–water partition coefficient (Wildman–Crippen LogP) is 2.28. The summed E-state index contributed by atoms with van der Waals surface area (Å²) in [4.78, 5) is 24.3. The molecule has 0 radical (unpaired) electrons. The second kappa shape index (κ2) is 7.72. The first-order chi connectivity index (χ1) is 11.5. The number of allylic oxidation sites excluding steroid dienone is 1. The predicted molar refractivity (Wildman–Crippen MR) is 87.9 cm³/mol. The molecule has 0 aliphatic carbocycles. The van der Waals surface area contributed by atoms with Crippen LogP contribution in [-0.2, 0) is 9.53 Å². The van der Waals surface area contributed by atoms with E-state index < -0.39 is 12.0 Å². The van der Waals surface area contributed by atoms with Gasteiger partial charge in [-0.25, -0.2) is 9.59 Å². The van der Waals surface area contributed by atoms with Gasteiger partial charge in [-0.3, -0.25) is 0 Å². The number of nitrogens with one attached hydrogen (secondary N) is 2. The van der Waals surface area contributed by atoms with Crippen molar-refractivity contribution in [3.05, 3.63) is 35.0 Å². The van der Waals surface area contributed by atoms with E-state index in [9.17, 15) is 9.59 Å². The van der Waals surface area contributed by atoms with E-state index in [1.807, 2.05) is 6.92 Å². The Morgan fingerprint density at radius 1 is 1.21 bits per heavy atom. The summed E-state index contributed by atoms with van der Waals surface area (Å²) in [5, 5.41) is 5.36. The molecule has 0 fully saturated rings. The summed E-state index contributed by atoms with van der Waals surface area (Å²) in [6.07, 6.45) is 0.721. The van der Waals surface area contributed by atoms with Crippen LogP contribution >= 0.6 is 0 Å². The van der Waals surface area contributed by atoms with Crippen LogP contribution in [0.3, 0.4) is 0 Å². The van der Waals surface area contributed by atoms with Crippen molar-refractivity contribution >= 4 is 12.0 Å². The third kappa shape index (κ3) is 3.61. The summed E-state index contributed by atoms with van der Waals surface area (Å²) >= 11 is 0. The first-order valence-electron chi connectivity index (χ1n) is 7.69. The second-order valence-electron chi connectivity index (χ2n) is 5.32. The molecule has 2 rings (SSSR count). The van der Waals surface area contributed by atoms with Crippen LogP contribution in [0.25, 0.3) is 0 Å². The lowest BCUT2D eigenvalue weighted by Gasteiger charge is -2.28. The van der Waals surface area contributed by atoms with Crippen molar-refractivity contribution in [3.63, 3.8) is 0 Å². The maximum Gasteiger partial charge on any atom is 0.338 e. The first kappa shape index (κ1) is 17.7. The third-order valence-electron chi connectivity index (χ3n) is 3.67. The Hall–Kier alpha value is -2.70. The number of hydrogen-bond acceptors (Lipinski definition) is 5. The molecule has 130 valence electrons. The quantitative estimate of drug-likeness (QED) is 0.780. The highest BCUT2D eigenvalue weighted by atomic mass is 16.5. The zero-order chi connectivity index (χ0) is 17.7. The Morgan fingerprint density at radius 3 is 2.54 bits per heavy atom. The van der Waals surface area contributed by atoms with Crippen LogP contribution in [-0.4, -0.2) is 32.8 Å². The lowest BCUT2D eigenvalue weighted by atomic mass is 9.95. The molecule has 7 heteroatoms. The minimum Gasteiger partial charge on any atom is -0.493 e. The van der Waals surface area contributed by atoms with E-state index in [2.05, 4.69) is 10.6 Å². The zero-order valence-electron chi connectivity index (χ0n) is 14.3.